The molecule has 3 aromatic rings. The molecule has 0 saturated heterocycles. The fourth-order valence-electron chi connectivity index (χ4n) is 3.19. The second-order valence-electron chi connectivity index (χ2n) is 6.73. The van der Waals surface area contributed by atoms with Crippen LogP contribution in [0.5, 0.6) is 0 Å². The number of ether oxygens (including phenoxy) is 1. The van der Waals surface area contributed by atoms with Crippen molar-refractivity contribution < 1.29 is 4.74 Å². The first kappa shape index (κ1) is 17.7. The molecule has 5 nitrogen and oxygen atoms in total. The summed E-state index contributed by atoms with van der Waals surface area (Å²) in [4.78, 5) is 16.0. The average Bonchev–Trinajstić information content (AvgIpc) is 3.04. The number of thiophene rings is 1. The van der Waals surface area contributed by atoms with Gasteiger partial charge in [-0.25, -0.2) is 9.97 Å². The maximum Gasteiger partial charge on any atom is 0.190 e. The van der Waals surface area contributed by atoms with Crippen LogP contribution in [0.4, 0.5) is 5.82 Å². The Morgan fingerprint density at radius 2 is 2.27 bits per heavy atom. The van der Waals surface area contributed by atoms with Gasteiger partial charge in [0.25, 0.3) is 0 Å². The smallest absolute Gasteiger partial charge is 0.190 e. The van der Waals surface area contributed by atoms with Gasteiger partial charge in [-0.1, -0.05) is 24.8 Å². The van der Waals surface area contributed by atoms with Gasteiger partial charge >= 0.3 is 0 Å². The molecule has 0 spiro atoms. The monoisotopic (exact) mass is 386 g/mol. The van der Waals surface area contributed by atoms with Gasteiger partial charge < -0.3 is 10.1 Å². The molecular formula is C19H22N4OS2. The Labute approximate surface area is 161 Å². The molecule has 0 aromatic carbocycles. The summed E-state index contributed by atoms with van der Waals surface area (Å²) in [6, 6.07) is 4.02. The zero-order chi connectivity index (χ0) is 18.1. The van der Waals surface area contributed by atoms with Gasteiger partial charge in [-0.3, -0.25) is 4.98 Å². The molecule has 7 heteroatoms. The standard InChI is InChI=1S/C19H22N4OS2/c1-4-19(2)8-13-14(11-24-19)26-17-15(13)16(22-18(23-17)25-3)21-10-12-6-5-7-20-9-12/h5-7,9H,4,8,10-11H2,1-3H3,(H,21,22,23)/t19-/m1/s1. The Morgan fingerprint density at radius 1 is 1.38 bits per heavy atom. The topological polar surface area (TPSA) is 59.9 Å². The third kappa shape index (κ3) is 3.31. The van der Waals surface area contributed by atoms with Crippen molar-refractivity contribution in [3.05, 3.63) is 40.5 Å². The van der Waals surface area contributed by atoms with Gasteiger partial charge in [-0.2, -0.15) is 0 Å². The summed E-state index contributed by atoms with van der Waals surface area (Å²) >= 11 is 3.31. The number of nitrogens with zero attached hydrogens (tertiary/aromatic N) is 3. The Morgan fingerprint density at radius 3 is 3.00 bits per heavy atom. The van der Waals surface area contributed by atoms with Crippen LogP contribution in [0.1, 0.15) is 36.3 Å². The number of rotatable bonds is 5. The summed E-state index contributed by atoms with van der Waals surface area (Å²) in [7, 11) is 0. The van der Waals surface area contributed by atoms with Crippen molar-refractivity contribution in [3.8, 4) is 0 Å². The SMILES string of the molecule is CC[C@]1(C)Cc2c(sc3nc(SC)nc(NCc4cccnc4)c23)CO1. The van der Waals surface area contributed by atoms with Crippen LogP contribution in [0.15, 0.2) is 29.7 Å². The first-order valence-corrected chi connectivity index (χ1v) is 10.8. The molecule has 26 heavy (non-hydrogen) atoms. The van der Waals surface area contributed by atoms with E-state index in [0.29, 0.717) is 13.2 Å². The van der Waals surface area contributed by atoms with E-state index < -0.39 is 0 Å². The summed E-state index contributed by atoms with van der Waals surface area (Å²) in [6.45, 7) is 5.74. The molecule has 4 heterocycles. The zero-order valence-corrected chi connectivity index (χ0v) is 16.8. The molecule has 0 unspecified atom stereocenters. The first-order chi connectivity index (χ1) is 12.6. The Hall–Kier alpha value is -1.70. The highest BCUT2D eigenvalue weighted by molar-refractivity contribution is 7.98. The van der Waals surface area contributed by atoms with E-state index in [2.05, 4.69) is 30.2 Å². The molecule has 0 amide bonds. The van der Waals surface area contributed by atoms with Gasteiger partial charge in [-0.05, 0) is 36.8 Å². The maximum atomic E-state index is 6.12. The molecule has 0 fully saturated rings. The molecule has 1 aliphatic rings. The fourth-order valence-corrected chi connectivity index (χ4v) is 4.71. The van der Waals surface area contributed by atoms with Gasteiger partial charge in [0.1, 0.15) is 10.6 Å². The lowest BCUT2D eigenvalue weighted by molar-refractivity contribution is -0.0542. The second-order valence-corrected chi connectivity index (χ2v) is 8.58. The summed E-state index contributed by atoms with van der Waals surface area (Å²) in [6.07, 6.45) is 7.58. The van der Waals surface area contributed by atoms with Crippen molar-refractivity contribution >= 4 is 39.1 Å². The van der Waals surface area contributed by atoms with Gasteiger partial charge in [-0.15, -0.1) is 11.3 Å². The van der Waals surface area contributed by atoms with Crippen molar-refractivity contribution in [3.63, 3.8) is 0 Å². The summed E-state index contributed by atoms with van der Waals surface area (Å²) in [5, 5.41) is 5.48. The third-order valence-electron chi connectivity index (χ3n) is 4.93. The van der Waals surface area contributed by atoms with Crippen LogP contribution in [0.2, 0.25) is 0 Å². The van der Waals surface area contributed by atoms with Crippen molar-refractivity contribution in [2.75, 3.05) is 11.6 Å². The van der Waals surface area contributed by atoms with Crippen molar-refractivity contribution in [1.82, 2.24) is 15.0 Å². The molecule has 0 radical (unpaired) electrons. The number of aromatic nitrogens is 3. The highest BCUT2D eigenvalue weighted by atomic mass is 32.2. The number of thioether (sulfide) groups is 1. The first-order valence-electron chi connectivity index (χ1n) is 8.75. The number of nitrogens with one attached hydrogen (secondary N) is 1. The predicted molar refractivity (Wildman–Crippen MR) is 108 cm³/mol. The predicted octanol–water partition coefficient (Wildman–Crippen LogP) is 4.66. The van der Waals surface area contributed by atoms with Crippen molar-refractivity contribution in [2.24, 2.45) is 0 Å². The largest absolute Gasteiger partial charge is 0.369 e. The van der Waals surface area contributed by atoms with Crippen LogP contribution < -0.4 is 5.32 Å². The van der Waals surface area contributed by atoms with Gasteiger partial charge in [0.05, 0.1) is 17.6 Å². The number of anilines is 1. The Bertz CT molecular complexity index is 928. The number of hydrogen-bond donors (Lipinski definition) is 1. The highest BCUT2D eigenvalue weighted by Crippen LogP contribution is 2.42. The quantitative estimate of drug-likeness (QED) is 0.508. The molecular weight excluding hydrogens is 364 g/mol. The average molecular weight is 387 g/mol. The highest BCUT2D eigenvalue weighted by Gasteiger charge is 2.33. The van der Waals surface area contributed by atoms with Gasteiger partial charge in [0.2, 0.25) is 0 Å². The van der Waals surface area contributed by atoms with Crippen LogP contribution in [-0.2, 0) is 24.3 Å². The minimum atomic E-state index is -0.111. The molecule has 4 rings (SSSR count). The zero-order valence-electron chi connectivity index (χ0n) is 15.2. The molecule has 136 valence electrons. The van der Waals surface area contributed by atoms with Crippen LogP contribution in [0.3, 0.4) is 0 Å². The van der Waals surface area contributed by atoms with E-state index in [4.69, 9.17) is 14.7 Å². The van der Waals surface area contributed by atoms with Crippen molar-refractivity contribution in [2.45, 2.75) is 50.6 Å². The van der Waals surface area contributed by atoms with E-state index in [0.717, 1.165) is 39.6 Å². The number of fused-ring (bicyclic) bond motifs is 3. The maximum absolute atomic E-state index is 6.12. The van der Waals surface area contributed by atoms with Crippen LogP contribution in [0, 0.1) is 0 Å². The summed E-state index contributed by atoms with van der Waals surface area (Å²) < 4.78 is 6.12. The van der Waals surface area contributed by atoms with Gasteiger partial charge in [0, 0.05) is 30.2 Å². The molecule has 3 aromatic heterocycles. The van der Waals surface area contributed by atoms with Crippen LogP contribution in [-0.4, -0.2) is 26.8 Å². The van der Waals surface area contributed by atoms with E-state index in [1.165, 1.54) is 10.4 Å². The third-order valence-corrected chi connectivity index (χ3v) is 6.58. The van der Waals surface area contributed by atoms with Crippen LogP contribution >= 0.6 is 23.1 Å². The lowest BCUT2D eigenvalue weighted by Gasteiger charge is -2.33. The number of hydrogen-bond acceptors (Lipinski definition) is 7. The fraction of sp³-hybridized carbons (Fsp3) is 0.421. The van der Waals surface area contributed by atoms with E-state index in [-0.39, 0.29) is 5.60 Å². The molecule has 1 N–H and O–H groups in total. The van der Waals surface area contributed by atoms with E-state index in [1.807, 2.05) is 18.5 Å². The van der Waals surface area contributed by atoms with E-state index in [1.54, 1.807) is 29.3 Å². The molecule has 0 bridgehead atoms. The summed E-state index contributed by atoms with van der Waals surface area (Å²) in [5.74, 6) is 0.918. The molecule has 0 saturated carbocycles. The van der Waals surface area contributed by atoms with E-state index in [9.17, 15) is 0 Å². The molecule has 1 aliphatic heterocycles. The normalized spacial score (nSPS) is 19.5. The Kier molecular flexibility index (Phi) is 4.86. The van der Waals surface area contributed by atoms with Crippen molar-refractivity contribution in [1.29, 1.82) is 0 Å². The van der Waals surface area contributed by atoms with Crippen LogP contribution in [0.25, 0.3) is 10.2 Å². The minimum absolute atomic E-state index is 0.111. The second kappa shape index (κ2) is 7.13. The lowest BCUT2D eigenvalue weighted by Crippen LogP contribution is -2.33. The van der Waals surface area contributed by atoms with E-state index >= 15 is 0 Å². The summed E-state index contributed by atoms with van der Waals surface area (Å²) in [5.41, 5.74) is 2.37. The Balaban J connectivity index is 1.76. The lowest BCUT2D eigenvalue weighted by atomic mass is 9.90. The van der Waals surface area contributed by atoms with Gasteiger partial charge in [0.15, 0.2) is 5.16 Å². The molecule has 1 atom stereocenters. The molecule has 0 aliphatic carbocycles. The minimum Gasteiger partial charge on any atom is -0.369 e. The number of pyridine rings is 1.